The first-order valence-electron chi connectivity index (χ1n) is 5.66. The number of rotatable bonds is 1. The highest BCUT2D eigenvalue weighted by molar-refractivity contribution is 14.1. The molecule has 1 aliphatic rings. The number of aromatic nitrogens is 4. The molecule has 0 saturated carbocycles. The number of halogens is 1. The Balaban J connectivity index is 2.11. The average molecular weight is 377 g/mol. The van der Waals surface area contributed by atoms with Crippen LogP contribution in [0.2, 0.25) is 0 Å². The third-order valence-electron chi connectivity index (χ3n) is 3.17. The van der Waals surface area contributed by atoms with Gasteiger partial charge in [-0.1, -0.05) is 0 Å². The SMILES string of the molecule is C[C@H]1O[C@@H](n2cnc3c(N)nc(I)nc32)[C@@H](O)C1O. The molecule has 2 aromatic rings. The quantitative estimate of drug-likeness (QED) is 0.459. The Morgan fingerprint density at radius 3 is 2.74 bits per heavy atom. The Labute approximate surface area is 121 Å². The predicted octanol–water partition coefficient (Wildman–Crippen LogP) is -0.348. The van der Waals surface area contributed by atoms with Gasteiger partial charge in [-0.2, -0.15) is 0 Å². The summed E-state index contributed by atoms with van der Waals surface area (Å²) in [5.41, 5.74) is 6.70. The monoisotopic (exact) mass is 377 g/mol. The van der Waals surface area contributed by atoms with Crippen LogP contribution in [0.1, 0.15) is 13.2 Å². The molecule has 0 aromatic carbocycles. The van der Waals surface area contributed by atoms with E-state index in [1.165, 1.54) is 6.33 Å². The molecule has 1 saturated heterocycles. The number of hydrogen-bond donors (Lipinski definition) is 3. The van der Waals surface area contributed by atoms with Crippen molar-refractivity contribution in [3.05, 3.63) is 10.2 Å². The van der Waals surface area contributed by atoms with Crippen LogP contribution in [-0.2, 0) is 4.74 Å². The molecule has 0 aliphatic carbocycles. The molecule has 3 rings (SSSR count). The molecular weight excluding hydrogens is 365 g/mol. The maximum atomic E-state index is 10.00. The van der Waals surface area contributed by atoms with Crippen LogP contribution < -0.4 is 5.73 Å². The fourth-order valence-corrected chi connectivity index (χ4v) is 2.64. The van der Waals surface area contributed by atoms with Crippen molar-refractivity contribution < 1.29 is 14.9 Å². The van der Waals surface area contributed by atoms with Crippen molar-refractivity contribution in [1.29, 1.82) is 0 Å². The summed E-state index contributed by atoms with van der Waals surface area (Å²) >= 11 is 1.95. The summed E-state index contributed by atoms with van der Waals surface area (Å²) in [6.07, 6.45) is -1.71. The lowest BCUT2D eigenvalue weighted by molar-refractivity contribution is -0.0299. The molecule has 8 nitrogen and oxygen atoms in total. The van der Waals surface area contributed by atoms with E-state index in [2.05, 4.69) is 15.0 Å². The highest BCUT2D eigenvalue weighted by Crippen LogP contribution is 2.31. The average Bonchev–Trinajstić information content (AvgIpc) is 2.86. The second kappa shape index (κ2) is 4.51. The Bertz CT molecular complexity index is 633. The van der Waals surface area contributed by atoms with Gasteiger partial charge in [0.2, 0.25) is 0 Å². The van der Waals surface area contributed by atoms with Crippen LogP contribution in [0, 0.1) is 3.83 Å². The van der Waals surface area contributed by atoms with Crippen molar-refractivity contribution in [3.63, 3.8) is 0 Å². The van der Waals surface area contributed by atoms with Crippen LogP contribution in [0.5, 0.6) is 0 Å². The number of nitrogen functional groups attached to an aromatic ring is 1. The molecule has 0 bridgehead atoms. The highest BCUT2D eigenvalue weighted by Gasteiger charge is 2.42. The summed E-state index contributed by atoms with van der Waals surface area (Å²) in [5.74, 6) is 0.272. The van der Waals surface area contributed by atoms with E-state index in [0.717, 1.165) is 0 Å². The minimum atomic E-state index is -1.04. The fraction of sp³-hybridized carbons (Fsp3) is 0.500. The Morgan fingerprint density at radius 2 is 2.11 bits per heavy atom. The van der Waals surface area contributed by atoms with Crippen molar-refractivity contribution in [3.8, 4) is 0 Å². The summed E-state index contributed by atoms with van der Waals surface area (Å²) in [6, 6.07) is 0. The summed E-state index contributed by atoms with van der Waals surface area (Å²) in [4.78, 5) is 12.4. The van der Waals surface area contributed by atoms with Gasteiger partial charge in [0, 0.05) is 22.6 Å². The molecule has 4 atom stereocenters. The molecule has 9 heteroatoms. The van der Waals surface area contributed by atoms with Crippen LogP contribution in [0.3, 0.4) is 0 Å². The minimum absolute atomic E-state index is 0.272. The van der Waals surface area contributed by atoms with Gasteiger partial charge in [-0.25, -0.2) is 15.0 Å². The van der Waals surface area contributed by atoms with Gasteiger partial charge in [-0.3, -0.25) is 4.57 Å². The van der Waals surface area contributed by atoms with Crippen molar-refractivity contribution in [1.82, 2.24) is 19.5 Å². The molecule has 2 aromatic heterocycles. The molecule has 0 radical (unpaired) electrons. The molecule has 19 heavy (non-hydrogen) atoms. The third kappa shape index (κ3) is 1.96. The molecule has 1 fully saturated rings. The van der Waals surface area contributed by atoms with Crippen molar-refractivity contribution in [2.24, 2.45) is 0 Å². The first-order valence-corrected chi connectivity index (χ1v) is 6.74. The van der Waals surface area contributed by atoms with Gasteiger partial charge in [0.1, 0.15) is 17.7 Å². The number of nitrogens with zero attached hydrogens (tertiary/aromatic N) is 4. The molecule has 4 N–H and O–H groups in total. The van der Waals surface area contributed by atoms with Crippen molar-refractivity contribution in [2.75, 3.05) is 5.73 Å². The summed E-state index contributed by atoms with van der Waals surface area (Å²) in [6.45, 7) is 1.69. The number of anilines is 1. The summed E-state index contributed by atoms with van der Waals surface area (Å²) in [7, 11) is 0. The number of nitrogens with two attached hydrogens (primary N) is 1. The van der Waals surface area contributed by atoms with E-state index in [0.29, 0.717) is 15.0 Å². The van der Waals surface area contributed by atoms with E-state index in [1.54, 1.807) is 11.5 Å². The zero-order chi connectivity index (χ0) is 13.7. The molecule has 1 aliphatic heterocycles. The second-order valence-electron chi connectivity index (χ2n) is 4.41. The van der Waals surface area contributed by atoms with E-state index >= 15 is 0 Å². The standard InChI is InChI=1S/C10H12IN5O3/c1-3-5(17)6(18)9(19-3)16-2-13-4-7(12)14-10(11)15-8(4)16/h2-3,5-6,9,17-18H,1H3,(H2,12,14,15)/t3-,5?,6+,9-/m1/s1. The van der Waals surface area contributed by atoms with Crippen LogP contribution in [0.4, 0.5) is 5.82 Å². The number of hydrogen-bond acceptors (Lipinski definition) is 7. The third-order valence-corrected chi connectivity index (χ3v) is 3.65. The molecule has 102 valence electrons. The van der Waals surface area contributed by atoms with E-state index in [-0.39, 0.29) is 5.82 Å². The topological polar surface area (TPSA) is 119 Å². The van der Waals surface area contributed by atoms with Crippen molar-refractivity contribution in [2.45, 2.75) is 31.5 Å². The van der Waals surface area contributed by atoms with Crippen molar-refractivity contribution >= 4 is 39.6 Å². The fourth-order valence-electron chi connectivity index (χ4n) is 2.15. The Kier molecular flexibility index (Phi) is 3.08. The normalized spacial score (nSPS) is 31.2. The van der Waals surface area contributed by atoms with Gasteiger partial charge in [0.15, 0.2) is 21.5 Å². The summed E-state index contributed by atoms with van der Waals surface area (Å²) < 4.78 is 7.58. The molecule has 0 amide bonds. The summed E-state index contributed by atoms with van der Waals surface area (Å²) in [5, 5.41) is 19.7. The first kappa shape index (κ1) is 13.0. The zero-order valence-corrected chi connectivity index (χ0v) is 12.1. The minimum Gasteiger partial charge on any atom is -0.388 e. The number of aliphatic hydroxyl groups excluding tert-OH is 2. The number of fused-ring (bicyclic) bond motifs is 1. The van der Waals surface area contributed by atoms with E-state index in [1.807, 2.05) is 22.6 Å². The van der Waals surface area contributed by atoms with Crippen LogP contribution >= 0.6 is 22.6 Å². The van der Waals surface area contributed by atoms with Gasteiger partial charge in [0.25, 0.3) is 0 Å². The molecular formula is C10H12IN5O3. The maximum absolute atomic E-state index is 10.00. The van der Waals surface area contributed by atoms with E-state index < -0.39 is 24.5 Å². The van der Waals surface area contributed by atoms with E-state index in [4.69, 9.17) is 10.5 Å². The van der Waals surface area contributed by atoms with Crippen LogP contribution in [0.15, 0.2) is 6.33 Å². The highest BCUT2D eigenvalue weighted by atomic mass is 127. The maximum Gasteiger partial charge on any atom is 0.194 e. The number of ether oxygens (including phenoxy) is 1. The lowest BCUT2D eigenvalue weighted by atomic mass is 10.1. The number of aliphatic hydroxyl groups is 2. The van der Waals surface area contributed by atoms with Gasteiger partial charge < -0.3 is 20.7 Å². The van der Waals surface area contributed by atoms with Crippen LogP contribution in [-0.4, -0.2) is 48.0 Å². The van der Waals surface area contributed by atoms with E-state index in [9.17, 15) is 10.2 Å². The van der Waals surface area contributed by atoms with Gasteiger partial charge in [0.05, 0.1) is 12.4 Å². The largest absolute Gasteiger partial charge is 0.388 e. The molecule has 1 unspecified atom stereocenters. The Hall–Kier alpha value is -1.04. The Morgan fingerprint density at radius 1 is 1.37 bits per heavy atom. The van der Waals surface area contributed by atoms with Gasteiger partial charge >= 0.3 is 0 Å². The lowest BCUT2D eigenvalue weighted by Crippen LogP contribution is -2.30. The molecule has 0 spiro atoms. The lowest BCUT2D eigenvalue weighted by Gasteiger charge is -2.16. The molecule has 3 heterocycles. The smallest absolute Gasteiger partial charge is 0.194 e. The van der Waals surface area contributed by atoms with Gasteiger partial charge in [-0.15, -0.1) is 0 Å². The number of imidazole rings is 1. The predicted molar refractivity (Wildman–Crippen MR) is 74.1 cm³/mol. The van der Waals surface area contributed by atoms with Gasteiger partial charge in [-0.05, 0) is 6.92 Å². The first-order chi connectivity index (χ1) is 8.99. The van der Waals surface area contributed by atoms with Crippen LogP contribution in [0.25, 0.3) is 11.2 Å². The second-order valence-corrected chi connectivity index (χ2v) is 5.38. The zero-order valence-electron chi connectivity index (χ0n) is 9.93.